The smallest absolute Gasteiger partial charge is 0.276 e. The normalized spacial score (nSPS) is 16.9. The van der Waals surface area contributed by atoms with Crippen molar-refractivity contribution in [3.8, 4) is 0 Å². The zero-order chi connectivity index (χ0) is 24.1. The van der Waals surface area contributed by atoms with E-state index in [1.165, 1.54) is 12.5 Å². The van der Waals surface area contributed by atoms with Crippen molar-refractivity contribution in [2.75, 3.05) is 19.4 Å². The fraction of sp³-hybridized carbons (Fsp3) is 0.417. The number of nitrogens with two attached hydrogens (primary N) is 1. The van der Waals surface area contributed by atoms with Crippen molar-refractivity contribution in [2.24, 2.45) is 5.73 Å². The number of allylic oxidation sites excluding steroid dienone is 1. The van der Waals surface area contributed by atoms with Gasteiger partial charge in [0.05, 0.1) is 23.8 Å². The van der Waals surface area contributed by atoms with Crippen LogP contribution in [0, 0.1) is 0 Å². The van der Waals surface area contributed by atoms with Crippen LogP contribution in [0.5, 0.6) is 0 Å². The van der Waals surface area contributed by atoms with Crippen LogP contribution in [0.25, 0.3) is 0 Å². The molecule has 2 fully saturated rings. The van der Waals surface area contributed by atoms with Gasteiger partial charge in [0.1, 0.15) is 24.8 Å². The van der Waals surface area contributed by atoms with Crippen LogP contribution < -0.4 is 21.4 Å². The Morgan fingerprint density at radius 1 is 1.15 bits per heavy atom. The molecule has 34 heavy (non-hydrogen) atoms. The number of carbonyl (C=O) groups excluding carboxylic acids is 2. The third kappa shape index (κ3) is 5.38. The predicted molar refractivity (Wildman–Crippen MR) is 128 cm³/mol. The number of amides is 2. The second kappa shape index (κ2) is 10.4. The van der Waals surface area contributed by atoms with Gasteiger partial charge >= 0.3 is 0 Å². The van der Waals surface area contributed by atoms with Crippen molar-refractivity contribution < 1.29 is 14.6 Å². The summed E-state index contributed by atoms with van der Waals surface area (Å²) < 4.78 is 0. The monoisotopic (exact) mass is 463 g/mol. The number of anilines is 2. The minimum Gasteiger partial charge on any atom is -0.392 e. The third-order valence-electron chi connectivity index (χ3n) is 6.22. The highest BCUT2D eigenvalue weighted by Crippen LogP contribution is 2.39. The standard InChI is InChI=1S/C24H30N8O2/c1-26-13-20(21(25)24(34)32(2)17-5-3-4-6-17)31-23(33)22-19(29-16-11-27-14-28-12-16)10-9-18(30-22)15-7-8-15/h9-15,17,29H,3-8,25H2,1-2H3,(H,31,33)/p+1. The van der Waals surface area contributed by atoms with E-state index in [0.29, 0.717) is 17.3 Å². The summed E-state index contributed by atoms with van der Waals surface area (Å²) in [6.45, 7) is 0. The van der Waals surface area contributed by atoms with Gasteiger partial charge in [-0.2, -0.15) is 0 Å². The zero-order valence-electron chi connectivity index (χ0n) is 19.5. The molecule has 10 nitrogen and oxygen atoms in total. The van der Waals surface area contributed by atoms with Crippen molar-refractivity contribution in [1.29, 1.82) is 0 Å². The summed E-state index contributed by atoms with van der Waals surface area (Å²) in [5.41, 5.74) is 8.63. The Labute approximate surface area is 198 Å². The van der Waals surface area contributed by atoms with Gasteiger partial charge in [-0.1, -0.05) is 12.8 Å². The molecule has 2 heterocycles. The molecule has 0 aromatic carbocycles. The number of hydrogen-bond acceptors (Lipinski definition) is 7. The van der Waals surface area contributed by atoms with Gasteiger partial charge in [0.2, 0.25) is 0 Å². The number of likely N-dealkylation sites (N-methyl/N-ethyl adjacent to an activating group) is 1. The molecule has 4 rings (SSSR count). The van der Waals surface area contributed by atoms with Gasteiger partial charge in [-0.15, -0.1) is 0 Å². The first-order chi connectivity index (χ1) is 16.5. The van der Waals surface area contributed by atoms with Gasteiger partial charge in [0, 0.05) is 24.7 Å². The maximum absolute atomic E-state index is 13.4. The number of aromatic nitrogens is 3. The molecule has 0 saturated heterocycles. The lowest BCUT2D eigenvalue weighted by atomic mass is 10.2. The minimum atomic E-state index is -0.470. The van der Waals surface area contributed by atoms with E-state index in [1.54, 1.807) is 31.4 Å². The number of carbonyl (C=O) groups is 2. The van der Waals surface area contributed by atoms with Gasteiger partial charge in [-0.3, -0.25) is 9.59 Å². The zero-order valence-corrected chi connectivity index (χ0v) is 19.5. The molecule has 2 saturated carbocycles. The molecule has 178 valence electrons. The summed E-state index contributed by atoms with van der Waals surface area (Å²) in [4.78, 5) is 43.6. The molecule has 10 heteroatoms. The highest BCUT2D eigenvalue weighted by molar-refractivity contribution is 6.05. The van der Waals surface area contributed by atoms with Crippen molar-refractivity contribution in [3.63, 3.8) is 0 Å². The Kier molecular flexibility index (Phi) is 7.15. The van der Waals surface area contributed by atoms with Crippen molar-refractivity contribution >= 4 is 29.4 Å². The lowest BCUT2D eigenvalue weighted by Crippen LogP contribution is -2.64. The van der Waals surface area contributed by atoms with E-state index in [9.17, 15) is 9.59 Å². The van der Waals surface area contributed by atoms with Gasteiger partial charge in [-0.05, 0) is 37.8 Å². The fourth-order valence-corrected chi connectivity index (χ4v) is 4.14. The molecular weight excluding hydrogens is 432 g/mol. The summed E-state index contributed by atoms with van der Waals surface area (Å²) >= 11 is 0. The van der Waals surface area contributed by atoms with E-state index >= 15 is 0 Å². The van der Waals surface area contributed by atoms with Crippen molar-refractivity contribution in [1.82, 2.24) is 25.2 Å². The fourth-order valence-electron chi connectivity index (χ4n) is 4.14. The lowest BCUT2D eigenvalue weighted by molar-refractivity contribution is -0.413. The minimum absolute atomic E-state index is 0.0265. The Balaban J connectivity index is 1.61. The molecule has 2 aromatic heterocycles. The Hall–Kier alpha value is -3.82. The number of nitrogens with one attached hydrogen (secondary N) is 3. The molecule has 5 N–H and O–H groups in total. The molecule has 0 bridgehead atoms. The topological polar surface area (TPSA) is 140 Å². The highest BCUT2D eigenvalue weighted by atomic mass is 16.2. The number of hydrogen-bond donors (Lipinski definition) is 4. The second-order valence-electron chi connectivity index (χ2n) is 8.73. The summed E-state index contributed by atoms with van der Waals surface area (Å²) in [5.74, 6) is -0.415. The molecule has 2 aromatic rings. The first kappa shape index (κ1) is 23.3. The Morgan fingerprint density at radius 3 is 2.50 bits per heavy atom. The van der Waals surface area contributed by atoms with Crippen LogP contribution in [0.15, 0.2) is 42.2 Å². The third-order valence-corrected chi connectivity index (χ3v) is 6.22. The molecule has 0 atom stereocenters. The molecule has 2 amide bonds. The van der Waals surface area contributed by atoms with Gasteiger partial charge < -0.3 is 21.3 Å². The van der Waals surface area contributed by atoms with Crippen LogP contribution in [0.2, 0.25) is 0 Å². The summed E-state index contributed by atoms with van der Waals surface area (Å²) in [6, 6.07) is 3.92. The molecule has 0 aliphatic heterocycles. The molecule has 0 radical (unpaired) electrons. The van der Waals surface area contributed by atoms with Crippen molar-refractivity contribution in [2.45, 2.75) is 50.5 Å². The lowest BCUT2D eigenvalue weighted by Gasteiger charge is -2.24. The van der Waals surface area contributed by atoms with E-state index in [0.717, 1.165) is 44.2 Å². The van der Waals surface area contributed by atoms with E-state index in [2.05, 4.69) is 30.6 Å². The number of nitrogens with zero attached hydrogens (tertiary/aromatic N) is 4. The molecule has 0 spiro atoms. The first-order valence-electron chi connectivity index (χ1n) is 11.6. The van der Waals surface area contributed by atoms with Crippen LogP contribution in [-0.4, -0.2) is 58.0 Å². The maximum atomic E-state index is 13.4. The first-order valence-corrected chi connectivity index (χ1v) is 11.6. The summed E-state index contributed by atoms with van der Waals surface area (Å²) in [5, 5.41) is 5.95. The highest BCUT2D eigenvalue weighted by Gasteiger charge is 2.29. The summed E-state index contributed by atoms with van der Waals surface area (Å²) in [7, 11) is 3.44. The quantitative estimate of drug-likeness (QED) is 0.331. The van der Waals surface area contributed by atoms with Crippen LogP contribution in [0.3, 0.4) is 0 Å². The van der Waals surface area contributed by atoms with Crippen LogP contribution in [0.4, 0.5) is 11.4 Å². The van der Waals surface area contributed by atoms with Crippen LogP contribution in [0.1, 0.15) is 60.6 Å². The summed E-state index contributed by atoms with van der Waals surface area (Å²) in [6.07, 6.45) is 12.4. The molecule has 2 aliphatic carbocycles. The second-order valence-corrected chi connectivity index (χ2v) is 8.73. The molecule has 2 aliphatic rings. The average molecular weight is 464 g/mol. The molecular formula is C24H31N8O2+. The van der Waals surface area contributed by atoms with Crippen LogP contribution >= 0.6 is 0 Å². The largest absolute Gasteiger partial charge is 0.392 e. The Bertz CT molecular complexity index is 1110. The Morgan fingerprint density at radius 2 is 1.85 bits per heavy atom. The number of pyridine rings is 1. The van der Waals surface area contributed by atoms with E-state index in [-0.39, 0.29) is 29.0 Å². The van der Waals surface area contributed by atoms with Gasteiger partial charge in [0.15, 0.2) is 11.9 Å². The van der Waals surface area contributed by atoms with Crippen molar-refractivity contribution in [3.05, 3.63) is 53.6 Å². The maximum Gasteiger partial charge on any atom is 0.276 e. The molecule has 0 unspecified atom stereocenters. The van der Waals surface area contributed by atoms with Crippen LogP contribution in [-0.2, 0) is 4.79 Å². The number of rotatable bonds is 8. The predicted octanol–water partition coefficient (Wildman–Crippen LogP) is 0.575. The van der Waals surface area contributed by atoms with E-state index in [1.807, 2.05) is 12.1 Å². The van der Waals surface area contributed by atoms with E-state index < -0.39 is 5.91 Å². The van der Waals surface area contributed by atoms with E-state index in [4.69, 9.17) is 5.73 Å². The SMILES string of the molecule is C[NH+]=CC(NC(=O)c1nc(C2CC2)ccc1Nc1cncnc1)=C(N)C(=O)N(C)C1CCCC1. The average Bonchev–Trinajstić information content (AvgIpc) is 3.56. The van der Waals surface area contributed by atoms with Gasteiger partial charge in [-0.25, -0.2) is 19.9 Å². The van der Waals surface area contributed by atoms with Gasteiger partial charge in [0.25, 0.3) is 11.8 Å².